The summed E-state index contributed by atoms with van der Waals surface area (Å²) in [5.41, 5.74) is 6.93. The van der Waals surface area contributed by atoms with Crippen molar-refractivity contribution in [3.05, 3.63) is 175 Å². The van der Waals surface area contributed by atoms with Gasteiger partial charge in [0.15, 0.2) is 0 Å². The second-order valence-corrected chi connectivity index (χ2v) is 21.3. The molecule has 0 spiro atoms. The molecule has 11 aromatic rings. The first-order chi connectivity index (χ1) is 37.0. The molecule has 5 heterocycles. The van der Waals surface area contributed by atoms with Crippen LogP contribution in [-0.4, -0.2) is 18.7 Å². The minimum Gasteiger partial charge on any atom is -0.509 e. The molecule has 4 aromatic heterocycles. The molecule has 354 valence electrons. The van der Waals surface area contributed by atoms with E-state index in [1.54, 1.807) is 29.0 Å². The number of pyridine rings is 1. The van der Waals surface area contributed by atoms with Gasteiger partial charge in [-0.05, 0) is 99.0 Å². The summed E-state index contributed by atoms with van der Waals surface area (Å²) in [6.45, 7) is 15.4. The zero-order valence-electron chi connectivity index (χ0n) is 50.5. The first-order valence-electron chi connectivity index (χ1n) is 28.3. The molecule has 0 atom stereocenters. The Morgan fingerprint density at radius 1 is 0.557 bits per heavy atom. The number of anilines is 4. The van der Waals surface area contributed by atoms with Gasteiger partial charge in [-0.3, -0.25) is 0 Å². The molecule has 1 aliphatic heterocycles. The average Bonchev–Trinajstić information content (AvgIpc) is 4.23. The largest absolute Gasteiger partial charge is 0.509 e. The van der Waals surface area contributed by atoms with E-state index in [1.165, 1.54) is 9.13 Å². The van der Waals surface area contributed by atoms with Crippen molar-refractivity contribution < 1.29 is 39.5 Å². The van der Waals surface area contributed by atoms with Crippen LogP contribution in [-0.2, 0) is 51.3 Å². The first kappa shape index (κ1) is 35.3. The minimum absolute atomic E-state index is 0. The molecule has 7 aromatic carbocycles. The topological polar surface area (TPSA) is 43.4 Å². The van der Waals surface area contributed by atoms with E-state index < -0.39 is 14.0 Å². The normalized spacial score (nSPS) is 15.8. The second-order valence-electron chi connectivity index (χ2n) is 21.3. The van der Waals surface area contributed by atoms with Gasteiger partial charge in [0.05, 0.1) is 22.2 Å². The summed E-state index contributed by atoms with van der Waals surface area (Å²) in [6.07, 6.45) is 1.70. The molecule has 0 radical (unpaired) electrons. The van der Waals surface area contributed by atoms with Gasteiger partial charge >= 0.3 is 0 Å². The van der Waals surface area contributed by atoms with Crippen molar-refractivity contribution in [2.24, 2.45) is 14.0 Å². The van der Waals surface area contributed by atoms with Crippen molar-refractivity contribution in [1.82, 2.24) is 18.7 Å². The van der Waals surface area contributed by atoms with Crippen LogP contribution in [0.4, 0.5) is 22.7 Å². The smallest absolute Gasteiger partial charge is 0.135 e. The fourth-order valence-electron chi connectivity index (χ4n) is 9.96. The van der Waals surface area contributed by atoms with E-state index in [0.717, 1.165) is 27.5 Å². The zero-order valence-corrected chi connectivity index (χ0v) is 42.7. The van der Waals surface area contributed by atoms with Crippen LogP contribution in [0.1, 0.15) is 92.7 Å². The summed E-state index contributed by atoms with van der Waals surface area (Å²) in [5, 5.41) is 3.68. The maximum Gasteiger partial charge on any atom is 0.135 e. The van der Waals surface area contributed by atoms with Crippen LogP contribution in [0.25, 0.3) is 71.2 Å². The van der Waals surface area contributed by atoms with Crippen LogP contribution in [0.5, 0.6) is 11.5 Å². The zero-order chi connectivity index (χ0) is 56.4. The predicted octanol–water partition coefficient (Wildman–Crippen LogP) is 16.2. The first-order valence-corrected chi connectivity index (χ1v) is 23.3. The van der Waals surface area contributed by atoms with Crippen molar-refractivity contribution in [3.8, 4) is 17.3 Å². The Morgan fingerprint density at radius 3 is 1.79 bits per heavy atom. The summed E-state index contributed by atoms with van der Waals surface area (Å²) >= 11 is 0. The van der Waals surface area contributed by atoms with Gasteiger partial charge in [-0.1, -0.05) is 110 Å². The molecule has 0 amide bonds. The monoisotopic (exact) mass is 1110 g/mol. The summed E-state index contributed by atoms with van der Waals surface area (Å²) in [7, 11) is 0. The Balaban J connectivity index is 0.00000675. The summed E-state index contributed by atoms with van der Waals surface area (Å²) in [6, 6.07) is 40.1. The van der Waals surface area contributed by atoms with Gasteiger partial charge in [-0.25, -0.2) is 4.98 Å². The van der Waals surface area contributed by atoms with Crippen molar-refractivity contribution in [3.63, 3.8) is 0 Å². The average molecular weight is 1110 g/mol. The Hall–Kier alpha value is -6.82. The van der Waals surface area contributed by atoms with Gasteiger partial charge in [0.1, 0.15) is 5.82 Å². The van der Waals surface area contributed by atoms with Crippen LogP contribution in [0.3, 0.4) is 0 Å². The number of hydrogen-bond acceptors (Lipinski definition) is 4. The third-order valence-corrected chi connectivity index (χ3v) is 13.7. The van der Waals surface area contributed by atoms with Crippen LogP contribution < -0.4 is 14.5 Å². The number of aryl methyl sites for hydroxylation is 2. The minimum atomic E-state index is -2.70. The molecule has 0 bridgehead atoms. The van der Waals surface area contributed by atoms with E-state index in [4.69, 9.17) is 15.2 Å². The molecule has 70 heavy (non-hydrogen) atoms. The Kier molecular flexibility index (Phi) is 8.13. The molecular weight excluding hydrogens is 1040 g/mol. The number of fused-ring (bicyclic) bond motifs is 10. The standard InChI is InChI=1S/C62H57N6O.Pt/c1-60(2,3)38-23-27-50-46(31-38)48-36-49-47-32-39(61(4,5)6)24-28-51(47)65(11)58(49)59(57(48)64(50)10)67-37-66(53-21-14-15-22-54(53)67)41-17-16-18-42(34-41)69-43-25-26-45-44-19-12-13-20-52(44)68(55(45)35-43)56-33-40(29-30-63-56)62(7,8)9;/h12-33,36-37H,1-11H3;/q-3;/i10D3,11D3,12D,13D,19D,20D;. The summed E-state index contributed by atoms with van der Waals surface area (Å²) in [5.74, 6) is 1.06. The van der Waals surface area contributed by atoms with E-state index in [0.29, 0.717) is 83.4 Å². The van der Waals surface area contributed by atoms with E-state index in [1.807, 2.05) is 95.3 Å². The van der Waals surface area contributed by atoms with Gasteiger partial charge in [-0.15, -0.1) is 48.1 Å². The quantitative estimate of drug-likeness (QED) is 0.161. The maximum atomic E-state index is 9.20. The number of ether oxygens (including phenoxy) is 1. The molecule has 7 nitrogen and oxygen atoms in total. The molecule has 0 unspecified atom stereocenters. The Bertz CT molecular complexity index is 4250. The number of para-hydroxylation sites is 3. The molecule has 1 aliphatic rings. The van der Waals surface area contributed by atoms with Gasteiger partial charge in [0, 0.05) is 110 Å². The maximum absolute atomic E-state index is 9.20. The van der Waals surface area contributed by atoms with Gasteiger partial charge in [-0.2, -0.15) is 12.1 Å². The number of benzene rings is 7. The van der Waals surface area contributed by atoms with Crippen LogP contribution in [0.2, 0.25) is 0 Å². The summed E-state index contributed by atoms with van der Waals surface area (Å²) in [4.78, 5) is 8.55. The van der Waals surface area contributed by atoms with Crippen LogP contribution >= 0.6 is 0 Å². The molecular formula is C62H57N6OPt-3. The van der Waals surface area contributed by atoms with Crippen molar-refractivity contribution in [1.29, 1.82) is 0 Å². The Labute approximate surface area is 439 Å². The van der Waals surface area contributed by atoms with Crippen molar-refractivity contribution in [2.75, 3.05) is 9.80 Å². The van der Waals surface area contributed by atoms with E-state index in [9.17, 15) is 8.22 Å². The molecule has 0 saturated carbocycles. The SMILES string of the molecule is [2H]c1c([2H])c([2H])c2c(c1[2H])c1ccc(Oc3[c-]c(N4[CH-]N(c5c6c(cc7c8cc(C(C)(C)C)ccc8n(C([2H])([2H])[2H])c57)c5cc(C(C)(C)C)ccc5n6C([2H])([2H])[2H])c5ccccc54)ccc3)[c-]c1n2-c1cc(C(C)(C)C)ccn1.[Pt]. The Morgan fingerprint density at radius 2 is 1.16 bits per heavy atom. The molecule has 12 rings (SSSR count). The van der Waals surface area contributed by atoms with Crippen LogP contribution in [0, 0.1) is 18.8 Å². The third kappa shape index (κ3) is 7.14. The number of nitrogens with zero attached hydrogens (tertiary/aromatic N) is 6. The molecule has 0 N–H and O–H groups in total. The number of hydrogen-bond donors (Lipinski definition) is 0. The second kappa shape index (κ2) is 16.1. The van der Waals surface area contributed by atoms with Crippen LogP contribution in [0.15, 0.2) is 140 Å². The van der Waals surface area contributed by atoms with Gasteiger partial charge < -0.3 is 28.2 Å². The van der Waals surface area contributed by atoms with Gasteiger partial charge in [0.2, 0.25) is 0 Å². The third-order valence-electron chi connectivity index (χ3n) is 13.7. The van der Waals surface area contributed by atoms with E-state index >= 15 is 0 Å². The fourth-order valence-corrected chi connectivity index (χ4v) is 9.96. The van der Waals surface area contributed by atoms with E-state index in [-0.39, 0.29) is 72.7 Å². The molecule has 0 saturated heterocycles. The number of rotatable bonds is 5. The van der Waals surface area contributed by atoms with Gasteiger partial charge in [0.25, 0.3) is 0 Å². The van der Waals surface area contributed by atoms with Crippen molar-refractivity contribution in [2.45, 2.75) is 78.6 Å². The van der Waals surface area contributed by atoms with Crippen molar-refractivity contribution >= 4 is 88.2 Å². The molecule has 0 fully saturated rings. The summed E-state index contributed by atoms with van der Waals surface area (Å²) < 4.78 is 102. The fraction of sp³-hybridized carbons (Fsp3) is 0.226. The predicted molar refractivity (Wildman–Crippen MR) is 288 cm³/mol. The molecule has 0 aliphatic carbocycles. The number of aromatic nitrogens is 4. The molecule has 8 heteroatoms. The van der Waals surface area contributed by atoms with E-state index in [2.05, 4.69) is 86.6 Å².